The van der Waals surface area contributed by atoms with E-state index in [4.69, 9.17) is 9.47 Å². The molecule has 0 radical (unpaired) electrons. The van der Waals surface area contributed by atoms with Crippen LogP contribution in [0, 0.1) is 0 Å². The van der Waals surface area contributed by atoms with Gasteiger partial charge < -0.3 is 14.4 Å². The van der Waals surface area contributed by atoms with Crippen molar-refractivity contribution >= 4 is 41.4 Å². The Bertz CT molecular complexity index is 734. The lowest BCUT2D eigenvalue weighted by Crippen LogP contribution is -2.31. The van der Waals surface area contributed by atoms with Crippen LogP contribution in [0.5, 0.6) is 0 Å². The highest BCUT2D eigenvalue weighted by molar-refractivity contribution is 9.10. The van der Waals surface area contributed by atoms with Gasteiger partial charge in [0.25, 0.3) is 0 Å². The molecule has 0 spiro atoms. The Kier molecular flexibility index (Phi) is 9.20. The Morgan fingerprint density at radius 2 is 1.96 bits per heavy atom. The monoisotopic (exact) mass is 483 g/mol. The van der Waals surface area contributed by atoms with Crippen LogP contribution in [0.25, 0.3) is 0 Å². The van der Waals surface area contributed by atoms with E-state index in [1.165, 1.54) is 4.88 Å². The van der Waals surface area contributed by atoms with Crippen LogP contribution in [0.15, 0.2) is 46.3 Å². The third-order valence-corrected chi connectivity index (χ3v) is 7.82. The maximum atomic E-state index is 12.2. The van der Waals surface area contributed by atoms with Crippen LogP contribution in [0.1, 0.15) is 23.0 Å². The van der Waals surface area contributed by atoms with Crippen LogP contribution in [-0.2, 0) is 16.1 Å². The molecular weight excluding hydrogens is 454 g/mol. The summed E-state index contributed by atoms with van der Waals surface area (Å²) in [5, 5.41) is 2.05. The van der Waals surface area contributed by atoms with Crippen molar-refractivity contribution in [2.75, 3.05) is 20.2 Å². The van der Waals surface area contributed by atoms with Gasteiger partial charge in [-0.3, -0.25) is 0 Å². The number of rotatable bonds is 10. The molecular formula is C21H30BrNO3SSi. The van der Waals surface area contributed by atoms with Crippen molar-refractivity contribution in [2.24, 2.45) is 0 Å². The minimum absolute atomic E-state index is 0.0515. The molecule has 0 saturated heterocycles. The molecule has 1 atom stereocenters. The molecule has 0 saturated carbocycles. The van der Waals surface area contributed by atoms with E-state index < -0.39 is 8.07 Å². The first kappa shape index (κ1) is 23.1. The fourth-order valence-corrected chi connectivity index (χ4v) is 4.47. The number of amides is 1. The van der Waals surface area contributed by atoms with Gasteiger partial charge in [0.15, 0.2) is 0 Å². The third kappa shape index (κ3) is 8.07. The van der Waals surface area contributed by atoms with Crippen molar-refractivity contribution in [2.45, 2.75) is 44.8 Å². The van der Waals surface area contributed by atoms with Gasteiger partial charge in [-0.15, -0.1) is 11.3 Å². The number of carbonyl (C=O) groups excluding carboxylic acids is 1. The summed E-state index contributed by atoms with van der Waals surface area (Å²) in [5.74, 6) is 0. The largest absolute Gasteiger partial charge is 0.450 e. The first-order valence-corrected chi connectivity index (χ1v) is 14.9. The molecule has 1 amide bonds. The highest BCUT2D eigenvalue weighted by atomic mass is 79.9. The molecule has 7 heteroatoms. The first-order valence-electron chi connectivity index (χ1n) is 9.52. The van der Waals surface area contributed by atoms with Crippen molar-refractivity contribution in [3.05, 3.63) is 56.7 Å². The lowest BCUT2D eigenvalue weighted by atomic mass is 10.2. The van der Waals surface area contributed by atoms with Crippen LogP contribution in [0.3, 0.4) is 0 Å². The molecule has 4 nitrogen and oxygen atoms in total. The summed E-state index contributed by atoms with van der Waals surface area (Å²) < 4.78 is 12.7. The second kappa shape index (κ2) is 11.1. The summed E-state index contributed by atoms with van der Waals surface area (Å²) in [6.07, 6.45) is 0.420. The lowest BCUT2D eigenvalue weighted by molar-refractivity contribution is 0.0294. The Hall–Kier alpha value is -1.15. The van der Waals surface area contributed by atoms with Gasteiger partial charge in [-0.1, -0.05) is 59.8 Å². The molecule has 28 heavy (non-hydrogen) atoms. The maximum Gasteiger partial charge on any atom is 0.409 e. The summed E-state index contributed by atoms with van der Waals surface area (Å²) in [6, 6.07) is 13.2. The molecule has 0 fully saturated rings. The molecule has 0 aliphatic heterocycles. The first-order chi connectivity index (χ1) is 13.3. The van der Waals surface area contributed by atoms with Crippen molar-refractivity contribution < 1.29 is 14.3 Å². The predicted octanol–water partition coefficient (Wildman–Crippen LogP) is 6.57. The van der Waals surface area contributed by atoms with Crippen molar-refractivity contribution in [3.8, 4) is 0 Å². The average molecular weight is 485 g/mol. The molecule has 154 valence electrons. The normalized spacial score (nSPS) is 12.6. The zero-order chi connectivity index (χ0) is 20.6. The molecule has 2 rings (SSSR count). The number of nitrogens with zero attached hydrogens (tertiary/aromatic N) is 1. The quantitative estimate of drug-likeness (QED) is 0.358. The Morgan fingerprint density at radius 1 is 1.21 bits per heavy atom. The van der Waals surface area contributed by atoms with Gasteiger partial charge in [-0.25, -0.2) is 4.79 Å². The summed E-state index contributed by atoms with van der Waals surface area (Å²) in [4.78, 5) is 15.0. The van der Waals surface area contributed by atoms with E-state index in [0.29, 0.717) is 19.8 Å². The fraction of sp³-hybridized carbons (Fsp3) is 0.476. The topological polar surface area (TPSA) is 38.8 Å². The molecule has 1 heterocycles. The lowest BCUT2D eigenvalue weighted by Gasteiger charge is -2.22. The molecule has 0 N–H and O–H groups in total. The van der Waals surface area contributed by atoms with E-state index in [0.717, 1.165) is 22.5 Å². The number of benzene rings is 1. The zero-order valence-corrected chi connectivity index (χ0v) is 20.5. The van der Waals surface area contributed by atoms with Crippen LogP contribution in [0.2, 0.25) is 25.7 Å². The number of hydrogen-bond donors (Lipinski definition) is 0. The SMILES string of the molecule is CN(CCC(OCc1ccccc1Br)c1cccs1)C(=O)OCC[Si](C)(C)C. The summed E-state index contributed by atoms with van der Waals surface area (Å²) in [7, 11) is 0.590. The second-order valence-electron chi connectivity index (χ2n) is 8.04. The molecule has 0 bridgehead atoms. The van der Waals surface area contributed by atoms with Crippen molar-refractivity contribution in [1.82, 2.24) is 4.90 Å². The van der Waals surface area contributed by atoms with Crippen LogP contribution in [-0.4, -0.2) is 39.3 Å². The molecule has 1 unspecified atom stereocenters. The number of ether oxygens (including phenoxy) is 2. The van der Waals surface area contributed by atoms with Gasteiger partial charge in [0.2, 0.25) is 0 Å². The third-order valence-electron chi connectivity index (χ3n) is 4.37. The maximum absolute atomic E-state index is 12.2. The van der Waals surface area contributed by atoms with Crippen LogP contribution >= 0.6 is 27.3 Å². The number of halogens is 1. The average Bonchev–Trinajstić information content (AvgIpc) is 3.16. The number of hydrogen-bond acceptors (Lipinski definition) is 4. The highest BCUT2D eigenvalue weighted by Gasteiger charge is 2.19. The smallest absolute Gasteiger partial charge is 0.409 e. The van der Waals surface area contributed by atoms with E-state index in [9.17, 15) is 4.79 Å². The van der Waals surface area contributed by atoms with Crippen LogP contribution < -0.4 is 0 Å². The number of carbonyl (C=O) groups is 1. The molecule has 0 aliphatic carbocycles. The Morgan fingerprint density at radius 3 is 2.61 bits per heavy atom. The molecule has 0 aliphatic rings. The summed E-state index contributed by atoms with van der Waals surface area (Å²) in [5.41, 5.74) is 1.11. The Balaban J connectivity index is 1.87. The molecule has 1 aromatic carbocycles. The van der Waals surface area contributed by atoms with Crippen molar-refractivity contribution in [3.63, 3.8) is 0 Å². The van der Waals surface area contributed by atoms with Gasteiger partial charge in [0.05, 0.1) is 19.3 Å². The van der Waals surface area contributed by atoms with Gasteiger partial charge in [0, 0.05) is 31.0 Å². The number of thiophene rings is 1. The van der Waals surface area contributed by atoms with Gasteiger partial charge >= 0.3 is 6.09 Å². The van der Waals surface area contributed by atoms with E-state index in [-0.39, 0.29) is 12.2 Å². The van der Waals surface area contributed by atoms with Gasteiger partial charge in [0.1, 0.15) is 0 Å². The highest BCUT2D eigenvalue weighted by Crippen LogP contribution is 2.28. The second-order valence-corrected chi connectivity index (χ2v) is 15.5. The van der Waals surface area contributed by atoms with E-state index in [1.54, 1.807) is 23.3 Å². The van der Waals surface area contributed by atoms with Gasteiger partial charge in [-0.05, 0) is 35.5 Å². The molecule has 1 aromatic heterocycles. The summed E-state index contributed by atoms with van der Waals surface area (Å²) in [6.45, 7) is 8.44. The van der Waals surface area contributed by atoms with Crippen molar-refractivity contribution in [1.29, 1.82) is 0 Å². The van der Waals surface area contributed by atoms with E-state index in [1.807, 2.05) is 24.3 Å². The minimum Gasteiger partial charge on any atom is -0.450 e. The van der Waals surface area contributed by atoms with E-state index in [2.05, 4.69) is 53.1 Å². The molecule has 2 aromatic rings. The standard InChI is InChI=1S/C21H30BrNO3SSi/c1-23(21(24)25-13-15-28(2,3)4)12-11-19(20-10-7-14-27-20)26-16-17-8-5-6-9-18(17)22/h5-10,14,19H,11-13,15-16H2,1-4H3. The van der Waals surface area contributed by atoms with Gasteiger partial charge in [-0.2, -0.15) is 0 Å². The zero-order valence-electron chi connectivity index (χ0n) is 17.1. The predicted molar refractivity (Wildman–Crippen MR) is 123 cm³/mol. The van der Waals surface area contributed by atoms with E-state index >= 15 is 0 Å². The fourth-order valence-electron chi connectivity index (χ4n) is 2.54. The summed E-state index contributed by atoms with van der Waals surface area (Å²) >= 11 is 5.25. The van der Waals surface area contributed by atoms with Crippen LogP contribution in [0.4, 0.5) is 4.79 Å². The minimum atomic E-state index is -1.20. The Labute approximate surface area is 182 Å².